The highest BCUT2D eigenvalue weighted by Crippen LogP contribution is 2.17. The molecule has 0 saturated heterocycles. The summed E-state index contributed by atoms with van der Waals surface area (Å²) in [5.74, 6) is 0.653. The van der Waals surface area contributed by atoms with Crippen LogP contribution in [0.25, 0.3) is 4.85 Å². The van der Waals surface area contributed by atoms with Gasteiger partial charge >= 0.3 is 5.82 Å². The molecule has 0 saturated carbocycles. The van der Waals surface area contributed by atoms with E-state index in [0.29, 0.717) is 5.82 Å². The van der Waals surface area contributed by atoms with Crippen LogP contribution in [0.15, 0.2) is 12.0 Å². The Hall–Kier alpha value is -1.24. The van der Waals surface area contributed by atoms with Crippen LogP contribution in [0.5, 0.6) is 0 Å². The average molecular weight is 212 g/mol. The molecule has 0 aromatic heterocycles. The van der Waals surface area contributed by atoms with Crippen molar-refractivity contribution in [3.05, 3.63) is 16.9 Å². The topological polar surface area (TPSA) is 19.6 Å². The van der Waals surface area contributed by atoms with E-state index in [2.05, 4.69) is 17.1 Å². The molecule has 1 unspecified atom stereocenters. The van der Waals surface area contributed by atoms with Gasteiger partial charge in [0, 0.05) is 0 Å². The molecule has 0 aromatic rings. The monoisotopic (exact) mass is 212 g/mol. The number of nitrogens with one attached hydrogen (secondary N) is 1. The maximum atomic E-state index is 12.9. The van der Waals surface area contributed by atoms with Gasteiger partial charge in [-0.15, -0.1) is 0 Å². The first kappa shape index (κ1) is 11.8. The van der Waals surface area contributed by atoms with Crippen molar-refractivity contribution in [1.82, 2.24) is 10.2 Å². The van der Waals surface area contributed by atoms with E-state index < -0.39 is 0 Å². The van der Waals surface area contributed by atoms with Crippen molar-refractivity contribution in [2.45, 2.75) is 32.2 Å². The molecule has 0 aliphatic carbocycles. The lowest BCUT2D eigenvalue weighted by molar-refractivity contribution is 0.194. The Labute approximate surface area is 90.8 Å². The van der Waals surface area contributed by atoms with E-state index in [4.69, 9.17) is 6.57 Å². The predicted molar refractivity (Wildman–Crippen MR) is 60.4 cm³/mol. The van der Waals surface area contributed by atoms with Gasteiger partial charge in [0.25, 0.3) is 0 Å². The van der Waals surface area contributed by atoms with Gasteiger partial charge in [-0.2, -0.15) is 4.85 Å². The molecule has 4 heteroatoms. The first-order chi connectivity index (χ1) is 7.33. The van der Waals surface area contributed by atoms with E-state index in [1.165, 1.54) is 0 Å². The molecule has 0 fully saturated rings. The van der Waals surface area contributed by atoms with Gasteiger partial charge in [0.1, 0.15) is 32.0 Å². The number of rotatable bonds is 5. The van der Waals surface area contributed by atoms with E-state index in [1.807, 2.05) is 4.90 Å². The molecular formula is C11H19FN3+. The van der Waals surface area contributed by atoms with Crippen molar-refractivity contribution in [1.29, 1.82) is 0 Å². The first-order valence-corrected chi connectivity index (χ1v) is 5.50. The fourth-order valence-corrected chi connectivity index (χ4v) is 1.78. The van der Waals surface area contributed by atoms with Gasteiger partial charge in [-0.3, -0.25) is 0 Å². The molecule has 84 valence electrons. The van der Waals surface area contributed by atoms with Crippen molar-refractivity contribution < 1.29 is 4.39 Å². The molecule has 1 N–H and O–H groups in total. The molecule has 0 spiro atoms. The number of alkyl halides is 1. The maximum Gasteiger partial charge on any atom is 0.396 e. The van der Waals surface area contributed by atoms with Crippen LogP contribution in [0.4, 0.5) is 4.39 Å². The molecule has 0 radical (unpaired) electrons. The minimum atomic E-state index is -0.340. The van der Waals surface area contributed by atoms with E-state index in [9.17, 15) is 4.39 Å². The molecule has 1 rings (SSSR count). The molecule has 0 amide bonds. The lowest BCUT2D eigenvalue weighted by Crippen LogP contribution is -2.42. The molecule has 0 bridgehead atoms. The van der Waals surface area contributed by atoms with Crippen molar-refractivity contribution in [3.8, 4) is 6.57 Å². The highest BCUT2D eigenvalue weighted by atomic mass is 19.1. The normalized spacial score (nSPS) is 17.7. The Bertz CT molecular complexity index is 257. The average Bonchev–Trinajstić information content (AvgIpc) is 2.30. The second kappa shape index (κ2) is 6.28. The van der Waals surface area contributed by atoms with Gasteiger partial charge in [0.15, 0.2) is 0 Å². The molecule has 1 atom stereocenters. The van der Waals surface area contributed by atoms with Crippen LogP contribution in [0.2, 0.25) is 0 Å². The van der Waals surface area contributed by atoms with Crippen molar-refractivity contribution in [3.63, 3.8) is 0 Å². The summed E-state index contributed by atoms with van der Waals surface area (Å²) < 4.78 is 12.9. The Morgan fingerprint density at radius 2 is 2.53 bits per heavy atom. The van der Waals surface area contributed by atoms with Crippen molar-refractivity contribution in [2.24, 2.45) is 0 Å². The van der Waals surface area contributed by atoms with Gasteiger partial charge in [-0.1, -0.05) is 13.3 Å². The van der Waals surface area contributed by atoms with Crippen molar-refractivity contribution in [2.75, 3.05) is 19.8 Å². The van der Waals surface area contributed by atoms with Gasteiger partial charge in [0.05, 0.1) is 6.54 Å². The van der Waals surface area contributed by atoms with Crippen molar-refractivity contribution >= 4 is 0 Å². The number of hydrogen-bond donors (Lipinski definition) is 1. The lowest BCUT2D eigenvalue weighted by Gasteiger charge is -2.25. The minimum Gasteiger partial charge on any atom is -0.379 e. The smallest absolute Gasteiger partial charge is 0.379 e. The summed E-state index contributed by atoms with van der Waals surface area (Å²) in [4.78, 5) is 5.61. The standard InChI is InChI=1S/C11H19FN3/c1-3-4-5-10(8-12)15-7-6-14-9-11(15)13-2/h2,9-10,14H,3-8H2,1H3/q+1. The summed E-state index contributed by atoms with van der Waals surface area (Å²) in [7, 11) is 0. The molecule has 0 aromatic carbocycles. The zero-order chi connectivity index (χ0) is 11.1. The zero-order valence-corrected chi connectivity index (χ0v) is 9.25. The maximum absolute atomic E-state index is 12.9. The summed E-state index contributed by atoms with van der Waals surface area (Å²) in [6.07, 6.45) is 4.73. The van der Waals surface area contributed by atoms with Gasteiger partial charge in [-0.05, 0) is 12.8 Å². The predicted octanol–water partition coefficient (Wildman–Crippen LogP) is 2.18. The second-order valence-corrected chi connectivity index (χ2v) is 3.73. The fourth-order valence-electron chi connectivity index (χ4n) is 1.78. The third-order valence-electron chi connectivity index (χ3n) is 2.66. The summed E-state index contributed by atoms with van der Waals surface area (Å²) in [5, 5.41) is 3.05. The van der Waals surface area contributed by atoms with Gasteiger partial charge < -0.3 is 5.32 Å². The number of nitrogens with zero attached hydrogens (tertiary/aromatic N) is 2. The highest BCUT2D eigenvalue weighted by Gasteiger charge is 2.30. The number of halogens is 1. The summed E-state index contributed by atoms with van der Waals surface area (Å²) in [5.41, 5.74) is 0. The summed E-state index contributed by atoms with van der Waals surface area (Å²) >= 11 is 0. The summed E-state index contributed by atoms with van der Waals surface area (Å²) in [6.45, 7) is 8.62. The molecule has 1 aliphatic heterocycles. The van der Waals surface area contributed by atoms with Crippen LogP contribution in [0, 0.1) is 6.57 Å². The zero-order valence-electron chi connectivity index (χ0n) is 9.25. The van der Waals surface area contributed by atoms with Crippen LogP contribution in [-0.2, 0) is 0 Å². The third kappa shape index (κ3) is 3.12. The summed E-state index contributed by atoms with van der Waals surface area (Å²) in [6, 6.07) is -0.0781. The number of unbranched alkanes of at least 4 members (excludes halogenated alkanes) is 1. The Morgan fingerprint density at radius 3 is 3.13 bits per heavy atom. The first-order valence-electron chi connectivity index (χ1n) is 5.50. The van der Waals surface area contributed by atoms with Crippen LogP contribution in [-0.4, -0.2) is 30.7 Å². The van der Waals surface area contributed by atoms with Crippen LogP contribution >= 0.6 is 0 Å². The SMILES string of the molecule is C#[N+]C1=CNCCN1C(CF)CCCC. The number of hydrogen-bond acceptors (Lipinski definition) is 2. The van der Waals surface area contributed by atoms with Crippen LogP contribution < -0.4 is 5.32 Å². The highest BCUT2D eigenvalue weighted by molar-refractivity contribution is 5.13. The Kier molecular flexibility index (Phi) is 4.96. The van der Waals surface area contributed by atoms with E-state index >= 15 is 0 Å². The Morgan fingerprint density at radius 1 is 1.73 bits per heavy atom. The third-order valence-corrected chi connectivity index (χ3v) is 2.66. The second-order valence-electron chi connectivity index (χ2n) is 3.73. The van der Waals surface area contributed by atoms with Gasteiger partial charge in [-0.25, -0.2) is 9.29 Å². The van der Waals surface area contributed by atoms with E-state index in [1.54, 1.807) is 6.20 Å². The largest absolute Gasteiger partial charge is 0.396 e. The molecule has 3 nitrogen and oxygen atoms in total. The quantitative estimate of drug-likeness (QED) is 0.753. The van der Waals surface area contributed by atoms with E-state index in [-0.39, 0.29) is 12.7 Å². The molecule has 15 heavy (non-hydrogen) atoms. The minimum absolute atomic E-state index is 0.0781. The molecule has 1 heterocycles. The fraction of sp³-hybridized carbons (Fsp3) is 0.727. The van der Waals surface area contributed by atoms with E-state index in [0.717, 1.165) is 32.4 Å². The van der Waals surface area contributed by atoms with Crippen LogP contribution in [0.3, 0.4) is 0 Å². The van der Waals surface area contributed by atoms with Gasteiger partial charge in [0.2, 0.25) is 0 Å². The van der Waals surface area contributed by atoms with Crippen LogP contribution in [0.1, 0.15) is 26.2 Å². The Balaban J connectivity index is 2.61. The molecular weight excluding hydrogens is 193 g/mol. The molecule has 1 aliphatic rings. The lowest BCUT2D eigenvalue weighted by atomic mass is 10.1.